The summed E-state index contributed by atoms with van der Waals surface area (Å²) in [6, 6.07) is 7.53. The number of fused-ring (bicyclic) bond motifs is 1. The maximum Gasteiger partial charge on any atom is 0.356 e. The largest absolute Gasteiger partial charge is 0.476 e. The van der Waals surface area contributed by atoms with Crippen LogP contribution in [0.3, 0.4) is 0 Å². The molecule has 0 unspecified atom stereocenters. The number of hydrogen-bond donors (Lipinski definition) is 1. The predicted octanol–water partition coefficient (Wildman–Crippen LogP) is 2.03. The molecular weight excluding hydrogens is 276 g/mol. The number of aromatic carboxylic acids is 1. The number of hydrogen-bond acceptors (Lipinski definition) is 5. The van der Waals surface area contributed by atoms with Crippen LogP contribution in [0.2, 0.25) is 0 Å². The second-order valence-electron chi connectivity index (χ2n) is 4.22. The summed E-state index contributed by atoms with van der Waals surface area (Å²) < 4.78 is 1.65. The maximum absolute atomic E-state index is 11.1. The van der Waals surface area contributed by atoms with E-state index in [4.69, 9.17) is 5.11 Å². The molecule has 2 aromatic heterocycles. The second kappa shape index (κ2) is 4.67. The van der Waals surface area contributed by atoms with E-state index in [0.29, 0.717) is 11.2 Å². The molecule has 1 aromatic carbocycles. The highest BCUT2D eigenvalue weighted by atomic mass is 16.6. The summed E-state index contributed by atoms with van der Waals surface area (Å²) in [4.78, 5) is 29.1. The van der Waals surface area contributed by atoms with Crippen molar-refractivity contribution in [1.82, 2.24) is 14.5 Å². The van der Waals surface area contributed by atoms with Crippen molar-refractivity contribution in [3.63, 3.8) is 0 Å². The van der Waals surface area contributed by atoms with Crippen molar-refractivity contribution >= 4 is 22.7 Å². The fraction of sp³-hybridized carbons (Fsp3) is 0. The zero-order valence-corrected chi connectivity index (χ0v) is 10.5. The summed E-state index contributed by atoms with van der Waals surface area (Å²) in [7, 11) is 0. The lowest BCUT2D eigenvalue weighted by molar-refractivity contribution is -0.384. The summed E-state index contributed by atoms with van der Waals surface area (Å²) in [5, 5.41) is 19.7. The van der Waals surface area contributed by atoms with E-state index in [-0.39, 0.29) is 16.9 Å². The molecule has 0 aliphatic rings. The van der Waals surface area contributed by atoms with Crippen LogP contribution in [-0.2, 0) is 0 Å². The van der Waals surface area contributed by atoms with Gasteiger partial charge in [-0.05, 0) is 18.2 Å². The van der Waals surface area contributed by atoms with E-state index in [1.54, 1.807) is 22.8 Å². The number of aromatic nitrogens is 3. The average molecular weight is 284 g/mol. The quantitative estimate of drug-likeness (QED) is 0.581. The first-order valence-electron chi connectivity index (χ1n) is 5.88. The molecule has 3 rings (SSSR count). The van der Waals surface area contributed by atoms with E-state index >= 15 is 0 Å². The number of benzene rings is 1. The van der Waals surface area contributed by atoms with Crippen molar-refractivity contribution in [2.24, 2.45) is 0 Å². The smallest absolute Gasteiger partial charge is 0.356 e. The molecule has 2 heterocycles. The van der Waals surface area contributed by atoms with Crippen LogP contribution in [0.4, 0.5) is 5.69 Å². The van der Waals surface area contributed by atoms with Crippen molar-refractivity contribution in [2.45, 2.75) is 0 Å². The Balaban J connectivity index is 2.15. The summed E-state index contributed by atoms with van der Waals surface area (Å²) in [6.07, 6.45) is 2.84. The zero-order valence-electron chi connectivity index (χ0n) is 10.5. The zero-order chi connectivity index (χ0) is 15.0. The van der Waals surface area contributed by atoms with Gasteiger partial charge in [0.25, 0.3) is 5.69 Å². The van der Waals surface area contributed by atoms with Crippen LogP contribution in [0.5, 0.6) is 0 Å². The number of carboxylic acid groups (broad SMARTS) is 1. The van der Waals surface area contributed by atoms with Crippen LogP contribution >= 0.6 is 0 Å². The first kappa shape index (κ1) is 12.7. The van der Waals surface area contributed by atoms with Gasteiger partial charge in [-0.3, -0.25) is 14.7 Å². The first-order valence-corrected chi connectivity index (χ1v) is 5.88. The number of nitro benzene ring substituents is 1. The molecule has 0 saturated carbocycles. The van der Waals surface area contributed by atoms with Crippen molar-refractivity contribution < 1.29 is 14.8 Å². The number of imidazole rings is 1. The van der Waals surface area contributed by atoms with E-state index in [0.717, 1.165) is 0 Å². The van der Waals surface area contributed by atoms with Crippen molar-refractivity contribution in [3.8, 4) is 5.69 Å². The summed E-state index contributed by atoms with van der Waals surface area (Å²) in [6.45, 7) is 0. The van der Waals surface area contributed by atoms with Crippen LogP contribution in [0.1, 0.15) is 10.5 Å². The Kier molecular flexibility index (Phi) is 2.83. The van der Waals surface area contributed by atoms with Gasteiger partial charge in [0.15, 0.2) is 5.69 Å². The van der Waals surface area contributed by atoms with Crippen LogP contribution < -0.4 is 0 Å². The number of carboxylic acids is 1. The predicted molar refractivity (Wildman–Crippen MR) is 72.5 cm³/mol. The normalized spacial score (nSPS) is 10.7. The Bertz CT molecular complexity index is 854. The molecule has 0 fully saturated rings. The topological polar surface area (TPSA) is 111 Å². The van der Waals surface area contributed by atoms with Crippen LogP contribution in [-0.4, -0.2) is 30.5 Å². The molecule has 8 nitrogen and oxygen atoms in total. The third kappa shape index (κ3) is 2.08. The Morgan fingerprint density at radius 1 is 1.19 bits per heavy atom. The molecule has 8 heteroatoms. The van der Waals surface area contributed by atoms with Crippen molar-refractivity contribution in [1.29, 1.82) is 0 Å². The van der Waals surface area contributed by atoms with E-state index in [1.807, 2.05) is 0 Å². The Labute approximate surface area is 117 Å². The molecule has 0 aliphatic heterocycles. The minimum Gasteiger partial charge on any atom is -0.476 e. The number of rotatable bonds is 3. The number of carbonyl (C=O) groups is 1. The number of pyridine rings is 1. The molecule has 3 aromatic rings. The minimum atomic E-state index is -1.16. The summed E-state index contributed by atoms with van der Waals surface area (Å²) in [5.74, 6) is -1.16. The monoisotopic (exact) mass is 284 g/mol. The fourth-order valence-electron chi connectivity index (χ4n) is 2.04. The minimum absolute atomic E-state index is 0.0175. The van der Waals surface area contributed by atoms with Gasteiger partial charge in [-0.1, -0.05) is 0 Å². The third-order valence-electron chi connectivity index (χ3n) is 3.01. The molecular formula is C13H8N4O4. The van der Waals surface area contributed by atoms with Gasteiger partial charge in [-0.2, -0.15) is 0 Å². The fourth-order valence-corrected chi connectivity index (χ4v) is 2.04. The molecule has 0 radical (unpaired) electrons. The van der Waals surface area contributed by atoms with Gasteiger partial charge in [0.2, 0.25) is 0 Å². The van der Waals surface area contributed by atoms with Crippen LogP contribution in [0, 0.1) is 10.1 Å². The standard InChI is InChI=1S/C13H8N4O4/c18-13(19)12-11-10(5-6-14-12)16(7-15-11)8-1-3-9(4-2-8)17(20)21/h1-7H,(H,18,19). The van der Waals surface area contributed by atoms with Gasteiger partial charge in [0, 0.05) is 24.0 Å². The van der Waals surface area contributed by atoms with E-state index in [1.165, 1.54) is 24.7 Å². The van der Waals surface area contributed by atoms with E-state index in [2.05, 4.69) is 9.97 Å². The number of nitro groups is 1. The van der Waals surface area contributed by atoms with Crippen LogP contribution in [0.15, 0.2) is 42.9 Å². The lowest BCUT2D eigenvalue weighted by Gasteiger charge is -2.04. The molecule has 0 aliphatic carbocycles. The van der Waals surface area contributed by atoms with E-state index < -0.39 is 10.9 Å². The van der Waals surface area contributed by atoms with Crippen molar-refractivity contribution in [2.75, 3.05) is 0 Å². The number of nitrogens with zero attached hydrogens (tertiary/aromatic N) is 4. The van der Waals surface area contributed by atoms with Crippen molar-refractivity contribution in [3.05, 3.63) is 58.7 Å². The first-order chi connectivity index (χ1) is 10.1. The maximum atomic E-state index is 11.1. The third-order valence-corrected chi connectivity index (χ3v) is 3.01. The van der Waals surface area contributed by atoms with Gasteiger partial charge in [-0.15, -0.1) is 0 Å². The SMILES string of the molecule is O=C(O)c1nccc2c1ncn2-c1ccc([N+](=O)[O-])cc1. The highest BCUT2D eigenvalue weighted by molar-refractivity contribution is 5.99. The van der Waals surface area contributed by atoms with Gasteiger partial charge in [0.1, 0.15) is 11.8 Å². The molecule has 1 N–H and O–H groups in total. The second-order valence-corrected chi connectivity index (χ2v) is 4.22. The molecule has 21 heavy (non-hydrogen) atoms. The molecule has 104 valence electrons. The highest BCUT2D eigenvalue weighted by Crippen LogP contribution is 2.21. The Morgan fingerprint density at radius 2 is 1.90 bits per heavy atom. The average Bonchev–Trinajstić information content (AvgIpc) is 2.90. The molecule has 0 atom stereocenters. The summed E-state index contributed by atoms with van der Waals surface area (Å²) >= 11 is 0. The lowest BCUT2D eigenvalue weighted by Crippen LogP contribution is -2.01. The number of non-ortho nitro benzene ring substituents is 1. The Hall–Kier alpha value is -3.29. The van der Waals surface area contributed by atoms with Crippen LogP contribution in [0.25, 0.3) is 16.7 Å². The van der Waals surface area contributed by atoms with Gasteiger partial charge in [0.05, 0.1) is 10.4 Å². The lowest BCUT2D eigenvalue weighted by atomic mass is 10.2. The summed E-state index contributed by atoms with van der Waals surface area (Å²) in [5.41, 5.74) is 1.33. The molecule has 0 saturated heterocycles. The molecule has 0 bridgehead atoms. The molecule has 0 amide bonds. The van der Waals surface area contributed by atoms with E-state index in [9.17, 15) is 14.9 Å². The van der Waals surface area contributed by atoms with Gasteiger partial charge < -0.3 is 5.11 Å². The molecule has 0 spiro atoms. The Morgan fingerprint density at radius 3 is 2.52 bits per heavy atom. The van der Waals surface area contributed by atoms with Gasteiger partial charge >= 0.3 is 5.97 Å². The van der Waals surface area contributed by atoms with Gasteiger partial charge in [-0.25, -0.2) is 14.8 Å². The highest BCUT2D eigenvalue weighted by Gasteiger charge is 2.15.